The van der Waals surface area contributed by atoms with Gasteiger partial charge in [-0.05, 0) is 25.2 Å². The standard InChI is InChI=1S/C26H32Cl2FN5O6.H2O/c1-33-5-7-34(8-6-33)18-4-3-16(22(27)23(18)28)32-26-14-9-19(39-2)20(10-17(14)30-13-31-26)40-21(12-36)25(38)24(37)15(29)11-35;/h3-4,9-10,13,15,21,24-25,35-38H,5-8,11-12H2,1-2H3,(H,30,31,32);1H2/t15-,21-,24+,25+;/m0./s1. The number of methoxy groups -OCH3 is 1. The first kappa shape index (κ1) is 32.8. The summed E-state index contributed by atoms with van der Waals surface area (Å²) in [5, 5.41) is 43.4. The average Bonchev–Trinajstić information content (AvgIpc) is 2.97. The van der Waals surface area contributed by atoms with Crippen molar-refractivity contribution >= 4 is 51.3 Å². The van der Waals surface area contributed by atoms with Gasteiger partial charge in [-0.15, -0.1) is 0 Å². The fourth-order valence-electron chi connectivity index (χ4n) is 4.39. The second-order valence-corrected chi connectivity index (χ2v) is 10.2. The van der Waals surface area contributed by atoms with E-state index >= 15 is 0 Å². The minimum Gasteiger partial charge on any atom is -0.493 e. The van der Waals surface area contributed by atoms with Gasteiger partial charge < -0.3 is 50.5 Å². The second kappa shape index (κ2) is 14.4. The highest BCUT2D eigenvalue weighted by Gasteiger charge is 2.34. The predicted molar refractivity (Wildman–Crippen MR) is 155 cm³/mol. The van der Waals surface area contributed by atoms with Gasteiger partial charge in [-0.25, -0.2) is 14.4 Å². The number of piperazine rings is 1. The van der Waals surface area contributed by atoms with Crippen LogP contribution in [-0.4, -0.2) is 119 Å². The molecule has 3 aromatic rings. The lowest BCUT2D eigenvalue weighted by atomic mass is 10.0. The number of hydrogen-bond donors (Lipinski definition) is 5. The molecule has 1 aliphatic heterocycles. The van der Waals surface area contributed by atoms with Crippen LogP contribution < -0.4 is 19.7 Å². The zero-order chi connectivity index (χ0) is 29.0. The molecule has 4 atom stereocenters. The molecule has 2 aromatic carbocycles. The molecule has 12 nitrogen and oxygen atoms in total. The lowest BCUT2D eigenvalue weighted by Gasteiger charge is -2.34. The molecule has 0 saturated carbocycles. The smallest absolute Gasteiger partial charge is 0.164 e. The number of aliphatic hydroxyl groups is 4. The number of halogens is 3. The van der Waals surface area contributed by atoms with Crippen LogP contribution in [0.4, 0.5) is 21.6 Å². The summed E-state index contributed by atoms with van der Waals surface area (Å²) in [6.07, 6.45) is -6.04. The van der Waals surface area contributed by atoms with E-state index in [0.29, 0.717) is 32.5 Å². The van der Waals surface area contributed by atoms with Gasteiger partial charge in [0, 0.05) is 37.6 Å². The molecule has 0 unspecified atom stereocenters. The third-order valence-electron chi connectivity index (χ3n) is 6.81. The van der Waals surface area contributed by atoms with Crippen LogP contribution in [0.3, 0.4) is 0 Å². The molecule has 0 amide bonds. The maximum Gasteiger partial charge on any atom is 0.164 e. The van der Waals surface area contributed by atoms with E-state index < -0.39 is 37.7 Å². The SMILES string of the molecule is COc1cc2c(Nc3ccc(N4CCN(C)CC4)c(Cl)c3Cl)ncnc2cc1O[C@@H](CO)[C@@H](O)[C@H](O)[C@@H](F)CO.O. The molecule has 226 valence electrons. The van der Waals surface area contributed by atoms with Crippen LogP contribution in [-0.2, 0) is 0 Å². The summed E-state index contributed by atoms with van der Waals surface area (Å²) < 4.78 is 24.8. The van der Waals surface area contributed by atoms with E-state index in [9.17, 15) is 19.7 Å². The van der Waals surface area contributed by atoms with Crippen LogP contribution >= 0.6 is 23.2 Å². The molecule has 1 saturated heterocycles. The molecule has 0 aliphatic carbocycles. The molecule has 1 aliphatic rings. The fourth-order valence-corrected chi connectivity index (χ4v) is 4.88. The van der Waals surface area contributed by atoms with Gasteiger partial charge in [0.2, 0.25) is 0 Å². The monoisotopic (exact) mass is 617 g/mol. The van der Waals surface area contributed by atoms with Crippen molar-refractivity contribution in [1.82, 2.24) is 14.9 Å². The van der Waals surface area contributed by atoms with Gasteiger partial charge in [0.25, 0.3) is 0 Å². The molecule has 1 fully saturated rings. The molecule has 4 rings (SSSR count). The zero-order valence-corrected chi connectivity index (χ0v) is 24.0. The summed E-state index contributed by atoms with van der Waals surface area (Å²) >= 11 is 13.3. The lowest BCUT2D eigenvalue weighted by Crippen LogP contribution is -2.48. The van der Waals surface area contributed by atoms with E-state index in [2.05, 4.69) is 32.1 Å². The normalized spacial score (nSPS) is 17.0. The first-order valence-electron chi connectivity index (χ1n) is 12.6. The molecule has 0 bridgehead atoms. The Morgan fingerprint density at radius 3 is 2.34 bits per heavy atom. The molecule has 1 aromatic heterocycles. The minimum atomic E-state index is -2.12. The van der Waals surface area contributed by atoms with E-state index in [1.54, 1.807) is 6.07 Å². The Morgan fingerprint density at radius 1 is 1.00 bits per heavy atom. The number of alkyl halides is 1. The Hall–Kier alpha value is -2.75. The molecule has 0 radical (unpaired) electrons. The topological polar surface area (TPSA) is 175 Å². The molecule has 2 heterocycles. The minimum absolute atomic E-state index is 0. The third kappa shape index (κ3) is 7.19. The zero-order valence-electron chi connectivity index (χ0n) is 22.5. The lowest BCUT2D eigenvalue weighted by molar-refractivity contribution is -0.0981. The van der Waals surface area contributed by atoms with Gasteiger partial charge in [-0.1, -0.05) is 23.2 Å². The number of hydrogen-bond acceptors (Lipinski definition) is 11. The highest BCUT2D eigenvalue weighted by atomic mass is 35.5. The molecule has 7 N–H and O–H groups in total. The summed E-state index contributed by atoms with van der Waals surface area (Å²) in [6.45, 7) is 1.76. The Bertz CT molecular complexity index is 1320. The predicted octanol–water partition coefficient (Wildman–Crippen LogP) is 1.41. The number of benzene rings is 2. The van der Waals surface area contributed by atoms with Crippen LogP contribution in [0.1, 0.15) is 0 Å². The van der Waals surface area contributed by atoms with Gasteiger partial charge in [0.1, 0.15) is 24.4 Å². The van der Waals surface area contributed by atoms with Gasteiger partial charge >= 0.3 is 0 Å². The number of nitrogens with one attached hydrogen (secondary N) is 1. The fraction of sp³-hybridized carbons (Fsp3) is 0.462. The van der Waals surface area contributed by atoms with E-state index in [4.69, 9.17) is 37.8 Å². The third-order valence-corrected chi connectivity index (χ3v) is 7.69. The molecular formula is C26H34Cl2FN5O7. The van der Waals surface area contributed by atoms with Crippen LogP contribution in [0.2, 0.25) is 10.0 Å². The maximum atomic E-state index is 13.7. The quantitative estimate of drug-likeness (QED) is 0.210. The van der Waals surface area contributed by atoms with Crippen molar-refractivity contribution in [2.24, 2.45) is 0 Å². The van der Waals surface area contributed by atoms with Gasteiger partial charge in [-0.3, -0.25) is 0 Å². The van der Waals surface area contributed by atoms with Crippen molar-refractivity contribution in [1.29, 1.82) is 0 Å². The van der Waals surface area contributed by atoms with Crippen molar-refractivity contribution in [2.45, 2.75) is 24.5 Å². The number of fused-ring (bicyclic) bond motifs is 1. The van der Waals surface area contributed by atoms with Crippen molar-refractivity contribution < 1.29 is 39.8 Å². The summed E-state index contributed by atoms with van der Waals surface area (Å²) in [6, 6.07) is 6.82. The number of anilines is 3. The Labute approximate surface area is 246 Å². The number of nitrogens with zero attached hydrogens (tertiary/aromatic N) is 4. The maximum absolute atomic E-state index is 13.7. The molecular weight excluding hydrogens is 584 g/mol. The summed E-state index contributed by atoms with van der Waals surface area (Å²) in [5.74, 6) is 0.665. The van der Waals surface area contributed by atoms with E-state index in [-0.39, 0.29) is 17.0 Å². The van der Waals surface area contributed by atoms with Gasteiger partial charge in [0.15, 0.2) is 23.8 Å². The van der Waals surface area contributed by atoms with Crippen LogP contribution in [0.25, 0.3) is 10.9 Å². The number of aliphatic hydroxyl groups excluding tert-OH is 4. The van der Waals surface area contributed by atoms with Gasteiger partial charge in [-0.2, -0.15) is 0 Å². The van der Waals surface area contributed by atoms with Gasteiger partial charge in [0.05, 0.1) is 47.3 Å². The average molecular weight is 618 g/mol. The Morgan fingerprint density at radius 2 is 1.71 bits per heavy atom. The van der Waals surface area contributed by atoms with E-state index in [1.807, 2.05) is 12.1 Å². The first-order chi connectivity index (χ1) is 19.2. The largest absolute Gasteiger partial charge is 0.493 e. The van der Waals surface area contributed by atoms with Crippen molar-refractivity contribution in [3.63, 3.8) is 0 Å². The van der Waals surface area contributed by atoms with Crippen LogP contribution in [0.5, 0.6) is 11.5 Å². The molecule has 41 heavy (non-hydrogen) atoms. The van der Waals surface area contributed by atoms with E-state index in [1.165, 1.54) is 19.5 Å². The first-order valence-corrected chi connectivity index (χ1v) is 13.3. The second-order valence-electron chi connectivity index (χ2n) is 9.44. The number of aromatic nitrogens is 2. The van der Waals surface area contributed by atoms with Crippen LogP contribution in [0, 0.1) is 0 Å². The number of rotatable bonds is 11. The molecule has 0 spiro atoms. The van der Waals surface area contributed by atoms with Crippen molar-refractivity contribution in [3.05, 3.63) is 40.6 Å². The number of likely N-dealkylation sites (N-methyl/N-ethyl adjacent to an activating group) is 1. The van der Waals surface area contributed by atoms with Crippen molar-refractivity contribution in [2.75, 3.05) is 63.8 Å². The summed E-state index contributed by atoms with van der Waals surface area (Å²) in [4.78, 5) is 13.1. The summed E-state index contributed by atoms with van der Waals surface area (Å²) in [7, 11) is 3.47. The number of ether oxygens (including phenoxy) is 2. The van der Waals surface area contributed by atoms with Crippen molar-refractivity contribution in [3.8, 4) is 11.5 Å². The van der Waals surface area contributed by atoms with Crippen LogP contribution in [0.15, 0.2) is 30.6 Å². The highest BCUT2D eigenvalue weighted by molar-refractivity contribution is 6.45. The Balaban J connectivity index is 0.00000462. The summed E-state index contributed by atoms with van der Waals surface area (Å²) in [5.41, 5.74) is 1.80. The Kier molecular flexibility index (Phi) is 11.5. The van der Waals surface area contributed by atoms with E-state index in [0.717, 1.165) is 31.9 Å². The highest BCUT2D eigenvalue weighted by Crippen LogP contribution is 2.41. The molecule has 15 heteroatoms.